The van der Waals surface area contributed by atoms with Crippen molar-refractivity contribution in [1.29, 1.82) is 0 Å². The molecule has 0 aliphatic rings. The molecule has 0 N–H and O–H groups in total. The summed E-state index contributed by atoms with van der Waals surface area (Å²) in [4.78, 5) is 20.3. The molecule has 5 heteroatoms. The first-order chi connectivity index (χ1) is 5.16. The van der Waals surface area contributed by atoms with E-state index in [2.05, 4.69) is 4.74 Å². The molecule has 0 saturated carbocycles. The molecule has 0 atom stereocenters. The summed E-state index contributed by atoms with van der Waals surface area (Å²) in [6.45, 7) is 2.14. The van der Waals surface area contributed by atoms with Crippen LogP contribution < -0.4 is 34.7 Å². The average molecular weight is 180 g/mol. The molecule has 0 bridgehead atoms. The zero-order valence-electron chi connectivity index (χ0n) is 7.20. The normalized spacial score (nSPS) is 9.08. The minimum absolute atomic E-state index is 0. The fourth-order valence-electron chi connectivity index (χ4n) is 0.387. The molecule has 12 heavy (non-hydrogen) atoms. The van der Waals surface area contributed by atoms with Crippen molar-refractivity contribution in [3.8, 4) is 0 Å². The summed E-state index contributed by atoms with van der Waals surface area (Å²) in [6.07, 6.45) is 2.17. The van der Waals surface area contributed by atoms with Gasteiger partial charge in [-0.05, 0) is 12.5 Å². The van der Waals surface area contributed by atoms with Gasteiger partial charge >= 0.3 is 35.5 Å². The Morgan fingerprint density at radius 3 is 2.42 bits per heavy atom. The third kappa shape index (κ3) is 9.68. The third-order valence-corrected chi connectivity index (χ3v) is 0.804. The van der Waals surface area contributed by atoms with Crippen molar-refractivity contribution in [2.45, 2.75) is 13.3 Å². The van der Waals surface area contributed by atoms with Gasteiger partial charge in [0.25, 0.3) is 0 Å². The van der Waals surface area contributed by atoms with Gasteiger partial charge in [0.15, 0.2) is 0 Å². The molecule has 62 valence electrons. The van der Waals surface area contributed by atoms with Gasteiger partial charge in [0, 0.05) is 6.08 Å². The molecule has 0 radical (unpaired) electrons. The first-order valence-electron chi connectivity index (χ1n) is 3.22. The Labute approximate surface area is 92.9 Å². The summed E-state index contributed by atoms with van der Waals surface area (Å²) in [5.41, 5.74) is 0. The number of carboxylic acid groups (broad SMARTS) is 1. The molecule has 0 aromatic rings. The minimum atomic E-state index is -1.40. The molecule has 0 saturated heterocycles. The van der Waals surface area contributed by atoms with Crippen LogP contribution in [0.25, 0.3) is 0 Å². The summed E-state index contributed by atoms with van der Waals surface area (Å²) >= 11 is 0. The molecule has 0 unspecified atom stereocenters. The third-order valence-electron chi connectivity index (χ3n) is 0.804. The number of esters is 1. The number of rotatable bonds is 4. The SMILES string of the molecule is CCCOC(=O)/C=C\C(=O)[O-].[Na+]. The fourth-order valence-corrected chi connectivity index (χ4v) is 0.387. The average Bonchev–Trinajstić information content (AvgIpc) is 1.97. The van der Waals surface area contributed by atoms with Crippen molar-refractivity contribution in [3.05, 3.63) is 12.2 Å². The van der Waals surface area contributed by atoms with E-state index >= 15 is 0 Å². The maximum atomic E-state index is 10.5. The van der Waals surface area contributed by atoms with Crippen LogP contribution in [0, 0.1) is 0 Å². The predicted octanol–water partition coefficient (Wildman–Crippen LogP) is -3.75. The Kier molecular flexibility index (Phi) is 10.4. The quantitative estimate of drug-likeness (QED) is 0.253. The summed E-state index contributed by atoms with van der Waals surface area (Å²) in [5.74, 6) is -2.06. The van der Waals surface area contributed by atoms with Gasteiger partial charge in [0.1, 0.15) is 0 Å². The molecule has 0 fully saturated rings. The fraction of sp³-hybridized carbons (Fsp3) is 0.429. The standard InChI is InChI=1S/C7H10O4.Na/c1-2-5-11-7(10)4-3-6(8)9;/h3-4H,2,5H2,1H3,(H,8,9);/q;+1/p-1/b4-3-;. The second-order valence-electron chi connectivity index (χ2n) is 1.82. The molecule has 4 nitrogen and oxygen atoms in total. The van der Waals surface area contributed by atoms with E-state index in [1.807, 2.05) is 6.92 Å². The topological polar surface area (TPSA) is 66.4 Å². The van der Waals surface area contributed by atoms with E-state index in [9.17, 15) is 14.7 Å². The van der Waals surface area contributed by atoms with E-state index in [1.165, 1.54) is 0 Å². The molecule has 0 aliphatic heterocycles. The number of carbonyl (C=O) groups excluding carboxylic acids is 2. The zero-order valence-corrected chi connectivity index (χ0v) is 9.20. The van der Waals surface area contributed by atoms with Crippen molar-refractivity contribution in [2.75, 3.05) is 6.61 Å². The van der Waals surface area contributed by atoms with Crippen molar-refractivity contribution < 1.29 is 49.0 Å². The van der Waals surface area contributed by atoms with Crippen LogP contribution in [-0.2, 0) is 14.3 Å². The second-order valence-corrected chi connectivity index (χ2v) is 1.82. The van der Waals surface area contributed by atoms with Gasteiger partial charge in [-0.3, -0.25) is 0 Å². The summed E-state index contributed by atoms with van der Waals surface area (Å²) in [5, 5.41) is 9.77. The maximum absolute atomic E-state index is 10.5. The molecule has 0 spiro atoms. The number of carboxylic acids is 1. The molecule has 0 amide bonds. The van der Waals surface area contributed by atoms with Crippen LogP contribution in [0.2, 0.25) is 0 Å². The minimum Gasteiger partial charge on any atom is -0.545 e. The van der Waals surface area contributed by atoms with Crippen LogP contribution in [0.1, 0.15) is 13.3 Å². The molecule has 0 heterocycles. The van der Waals surface area contributed by atoms with E-state index in [1.54, 1.807) is 0 Å². The summed E-state index contributed by atoms with van der Waals surface area (Å²) in [7, 11) is 0. The van der Waals surface area contributed by atoms with E-state index in [-0.39, 0.29) is 29.6 Å². The number of carbonyl (C=O) groups is 2. The molecule has 0 rings (SSSR count). The van der Waals surface area contributed by atoms with E-state index in [0.717, 1.165) is 6.08 Å². The van der Waals surface area contributed by atoms with Gasteiger partial charge in [-0.25, -0.2) is 4.79 Å². The van der Waals surface area contributed by atoms with Crippen molar-refractivity contribution in [3.63, 3.8) is 0 Å². The van der Waals surface area contributed by atoms with Crippen LogP contribution in [0.4, 0.5) is 0 Å². The predicted molar refractivity (Wildman–Crippen MR) is 35.4 cm³/mol. The van der Waals surface area contributed by atoms with Crippen LogP contribution >= 0.6 is 0 Å². The van der Waals surface area contributed by atoms with Crippen molar-refractivity contribution in [2.24, 2.45) is 0 Å². The number of hydrogen-bond acceptors (Lipinski definition) is 4. The van der Waals surface area contributed by atoms with Gasteiger partial charge in [-0.2, -0.15) is 0 Å². The first-order valence-corrected chi connectivity index (χ1v) is 3.22. The smallest absolute Gasteiger partial charge is 0.545 e. The molecule has 0 aromatic heterocycles. The Morgan fingerprint density at radius 2 is 2.00 bits per heavy atom. The number of hydrogen-bond donors (Lipinski definition) is 0. The molecule has 0 aliphatic carbocycles. The Hall–Kier alpha value is -0.320. The summed E-state index contributed by atoms with van der Waals surface area (Å²) in [6, 6.07) is 0. The van der Waals surface area contributed by atoms with Gasteiger partial charge in [-0.1, -0.05) is 6.92 Å². The largest absolute Gasteiger partial charge is 1.00 e. The first kappa shape index (κ1) is 14.2. The van der Waals surface area contributed by atoms with Crippen LogP contribution in [-0.4, -0.2) is 18.5 Å². The molecular weight excluding hydrogens is 171 g/mol. The number of aliphatic carboxylic acids is 1. The van der Waals surface area contributed by atoms with E-state index in [0.29, 0.717) is 19.1 Å². The van der Waals surface area contributed by atoms with E-state index in [4.69, 9.17) is 0 Å². The van der Waals surface area contributed by atoms with Crippen LogP contribution in [0.3, 0.4) is 0 Å². The van der Waals surface area contributed by atoms with Crippen LogP contribution in [0.15, 0.2) is 12.2 Å². The maximum Gasteiger partial charge on any atom is 1.00 e. The number of ether oxygens (including phenoxy) is 1. The Bertz CT molecular complexity index is 176. The van der Waals surface area contributed by atoms with Crippen molar-refractivity contribution in [1.82, 2.24) is 0 Å². The molecular formula is C7H9NaO4. The van der Waals surface area contributed by atoms with Gasteiger partial charge in [0.05, 0.1) is 12.6 Å². The molecule has 0 aromatic carbocycles. The second kappa shape index (κ2) is 8.77. The Morgan fingerprint density at radius 1 is 1.42 bits per heavy atom. The van der Waals surface area contributed by atoms with Gasteiger partial charge in [0.2, 0.25) is 0 Å². The van der Waals surface area contributed by atoms with Gasteiger partial charge < -0.3 is 14.6 Å². The monoisotopic (exact) mass is 180 g/mol. The van der Waals surface area contributed by atoms with Crippen molar-refractivity contribution >= 4 is 11.9 Å². The van der Waals surface area contributed by atoms with Gasteiger partial charge in [-0.15, -0.1) is 0 Å². The van der Waals surface area contributed by atoms with Crippen LogP contribution in [0.5, 0.6) is 0 Å². The Balaban J connectivity index is 0. The van der Waals surface area contributed by atoms with E-state index < -0.39 is 11.9 Å². The zero-order chi connectivity index (χ0) is 8.69. The summed E-state index contributed by atoms with van der Waals surface area (Å²) < 4.78 is 4.52.